The lowest BCUT2D eigenvalue weighted by atomic mass is 9.87. The zero-order valence-electron chi connectivity index (χ0n) is 28.7. The minimum atomic E-state index is -5.57. The predicted octanol–water partition coefficient (Wildman–Crippen LogP) is -0.428. The molecule has 1 aliphatic heterocycles. The average Bonchev–Trinajstić information content (AvgIpc) is 3.84. The minimum Gasteiger partial charge on any atom is -0.460 e. The molecule has 29 heteroatoms. The number of nitrogens with zero attached hydrogens (tertiary/aromatic N) is 4. The number of nitrogens with two attached hydrogens (primary N) is 1. The third-order valence-electron chi connectivity index (χ3n) is 7.46. The molecule has 4 rings (SSSR count). The number of phosphoric acid groups is 3. The minimum absolute atomic E-state index is 0.0274. The van der Waals surface area contributed by atoms with Crippen LogP contribution in [0.1, 0.15) is 37.1 Å². The Morgan fingerprint density at radius 3 is 2.45 bits per heavy atom. The molecule has 2 unspecified atom stereocenters. The number of fused-ring (bicyclic) bond motifs is 1. The number of thioether (sulfide) groups is 1. The Labute approximate surface area is 314 Å². The normalized spacial score (nSPS) is 21.8. The molecule has 0 aliphatic carbocycles. The molecule has 1 fully saturated rings. The van der Waals surface area contributed by atoms with Crippen LogP contribution >= 0.6 is 35.2 Å². The molecule has 2 amide bonds. The van der Waals surface area contributed by atoms with E-state index >= 15 is 0 Å². The molecule has 0 bridgehead atoms. The summed E-state index contributed by atoms with van der Waals surface area (Å²) in [5, 5.41) is 26.0. The van der Waals surface area contributed by atoms with Crippen LogP contribution in [-0.2, 0) is 45.9 Å². The van der Waals surface area contributed by atoms with Crippen LogP contribution in [0.4, 0.5) is 5.82 Å². The monoisotopic (exact) mass is 861 g/mol. The quantitative estimate of drug-likeness (QED) is 0.0514. The average molecular weight is 862 g/mol. The molecule has 55 heavy (non-hydrogen) atoms. The third kappa shape index (κ3) is 12.7. The number of hydrogen-bond acceptors (Lipinski definition) is 19. The Kier molecular flexibility index (Phi) is 14.9. The second kappa shape index (κ2) is 18.4. The summed E-state index contributed by atoms with van der Waals surface area (Å²) in [5.74, 6) is -1.08. The molecule has 1 aliphatic rings. The number of furan rings is 1. The van der Waals surface area contributed by atoms with Crippen LogP contribution in [0.15, 0.2) is 35.5 Å². The number of anilines is 1. The Hall–Kier alpha value is -3.16. The standard InChI is InChI=1S/C26H38N7O18P3S/c1-26(2,20(36)23(37)29-6-5-16(34)28-7-9-55-25(38)14-4-3-8-46-14)11-48-54(44,45)51-53(42,43)47-10-15-19(50-52(39,40)41)18(35)24(49-15)33-13-32-17-21(27)30-12-31-22(17)33/h3-4,8,12-13,15,18-20,24,35-36H,5-7,9-11H2,1-2H3,(H,28,34)(H,29,37)(H,42,43)(H,44,45)(H2,27,30,31)(H2,39,40,41)/t15-,18-,19-,20+,24-/m1/s1. The highest BCUT2D eigenvalue weighted by Crippen LogP contribution is 2.61. The van der Waals surface area contributed by atoms with E-state index in [4.69, 9.17) is 23.9 Å². The number of aliphatic hydroxyl groups excluding tert-OH is 2. The number of amides is 2. The number of carbonyl (C=O) groups excluding carboxylic acids is 3. The number of aliphatic hydroxyl groups is 2. The molecule has 1 saturated heterocycles. The van der Waals surface area contributed by atoms with Crippen molar-refractivity contribution in [3.05, 3.63) is 36.8 Å². The van der Waals surface area contributed by atoms with Crippen LogP contribution in [-0.4, -0.2) is 123 Å². The van der Waals surface area contributed by atoms with Gasteiger partial charge in [0.1, 0.15) is 36.3 Å². The molecular weight excluding hydrogens is 823 g/mol. The molecule has 7 atom stereocenters. The van der Waals surface area contributed by atoms with Crippen LogP contribution in [0.3, 0.4) is 0 Å². The van der Waals surface area contributed by atoms with Gasteiger partial charge in [0.2, 0.25) is 11.8 Å². The van der Waals surface area contributed by atoms with Gasteiger partial charge in [-0.05, 0) is 12.1 Å². The van der Waals surface area contributed by atoms with Gasteiger partial charge in [-0.3, -0.25) is 32.5 Å². The van der Waals surface area contributed by atoms with E-state index in [1.807, 2.05) is 0 Å². The Bertz CT molecular complexity index is 1960. The smallest absolute Gasteiger partial charge is 0.460 e. The van der Waals surface area contributed by atoms with E-state index in [-0.39, 0.29) is 53.1 Å². The summed E-state index contributed by atoms with van der Waals surface area (Å²) in [6.45, 7) is 0.382. The van der Waals surface area contributed by atoms with Crippen molar-refractivity contribution in [3.8, 4) is 0 Å². The zero-order chi connectivity index (χ0) is 40.8. The number of hydrogen-bond donors (Lipinski definition) is 9. The maximum Gasteiger partial charge on any atom is 0.481 e. The van der Waals surface area contributed by atoms with Gasteiger partial charge in [-0.25, -0.2) is 28.6 Å². The van der Waals surface area contributed by atoms with Crippen molar-refractivity contribution >= 4 is 69.1 Å². The number of aromatic nitrogens is 4. The number of ether oxygens (including phenoxy) is 1. The van der Waals surface area contributed by atoms with Crippen molar-refractivity contribution in [3.63, 3.8) is 0 Å². The summed E-state index contributed by atoms with van der Waals surface area (Å²) in [6.07, 6.45) is -5.61. The highest BCUT2D eigenvalue weighted by Gasteiger charge is 2.50. The highest BCUT2D eigenvalue weighted by molar-refractivity contribution is 8.14. The van der Waals surface area contributed by atoms with Crippen molar-refractivity contribution in [2.24, 2.45) is 5.41 Å². The lowest BCUT2D eigenvalue weighted by Crippen LogP contribution is -2.46. The Morgan fingerprint density at radius 2 is 1.78 bits per heavy atom. The van der Waals surface area contributed by atoms with Crippen LogP contribution in [0.25, 0.3) is 11.2 Å². The summed E-state index contributed by atoms with van der Waals surface area (Å²) < 4.78 is 67.0. The summed E-state index contributed by atoms with van der Waals surface area (Å²) in [5.41, 5.74) is 4.24. The van der Waals surface area contributed by atoms with Gasteiger partial charge in [-0.2, -0.15) is 4.31 Å². The second-order valence-electron chi connectivity index (χ2n) is 12.2. The van der Waals surface area contributed by atoms with E-state index < -0.39 is 84.6 Å². The van der Waals surface area contributed by atoms with Crippen molar-refractivity contribution in [1.82, 2.24) is 30.2 Å². The molecule has 306 valence electrons. The van der Waals surface area contributed by atoms with Crippen molar-refractivity contribution in [2.75, 3.05) is 37.8 Å². The zero-order valence-corrected chi connectivity index (χ0v) is 32.2. The van der Waals surface area contributed by atoms with Gasteiger partial charge in [0.25, 0.3) is 5.12 Å². The van der Waals surface area contributed by atoms with Gasteiger partial charge >= 0.3 is 23.5 Å². The maximum absolute atomic E-state index is 12.7. The molecule has 25 nitrogen and oxygen atoms in total. The maximum atomic E-state index is 12.7. The summed E-state index contributed by atoms with van der Waals surface area (Å²) >= 11 is 0.934. The third-order valence-corrected chi connectivity index (χ3v) is 11.4. The topological polar surface area (TPSA) is 377 Å². The van der Waals surface area contributed by atoms with Gasteiger partial charge in [0.15, 0.2) is 23.5 Å². The van der Waals surface area contributed by atoms with Gasteiger partial charge in [-0.1, -0.05) is 25.6 Å². The molecule has 3 aromatic heterocycles. The summed E-state index contributed by atoms with van der Waals surface area (Å²) in [7, 11) is -16.4. The number of imidazole rings is 1. The van der Waals surface area contributed by atoms with Crippen molar-refractivity contribution < 1.29 is 84.9 Å². The molecule has 0 saturated carbocycles. The number of rotatable bonds is 20. The molecule has 0 radical (unpaired) electrons. The van der Waals surface area contributed by atoms with Gasteiger partial charge < -0.3 is 55.3 Å². The van der Waals surface area contributed by atoms with E-state index in [2.05, 4.69) is 34.4 Å². The number of nitrogen functional groups attached to an aromatic ring is 1. The molecule has 3 aromatic rings. The van der Waals surface area contributed by atoms with Gasteiger partial charge in [-0.15, -0.1) is 0 Å². The lowest BCUT2D eigenvalue weighted by Gasteiger charge is -2.30. The first-order valence-corrected chi connectivity index (χ1v) is 21.2. The van der Waals surface area contributed by atoms with E-state index in [9.17, 15) is 57.9 Å². The fraction of sp³-hybridized carbons (Fsp3) is 0.538. The highest BCUT2D eigenvalue weighted by atomic mass is 32.2. The van der Waals surface area contributed by atoms with Gasteiger partial charge in [0, 0.05) is 30.7 Å². The largest absolute Gasteiger partial charge is 0.481 e. The summed E-state index contributed by atoms with van der Waals surface area (Å²) in [6, 6.07) is 3.07. The first-order chi connectivity index (χ1) is 25.6. The van der Waals surface area contributed by atoms with E-state index in [1.54, 1.807) is 6.07 Å². The second-order valence-corrected chi connectivity index (χ2v) is 17.5. The molecule has 0 aromatic carbocycles. The SMILES string of the molecule is CC(C)(COP(=O)(O)OP(=O)(O)OC[C@H]1O[C@@H](n2cnc3c(N)ncnc32)[C@H](O)[C@@H]1OP(=O)(O)O)[C@@H](O)C(=O)NCCC(=O)NCCSC(=O)c1ccco1. The predicted molar refractivity (Wildman–Crippen MR) is 185 cm³/mol. The van der Waals surface area contributed by atoms with Crippen LogP contribution in [0, 0.1) is 5.41 Å². The molecule has 4 heterocycles. The van der Waals surface area contributed by atoms with Crippen LogP contribution in [0.5, 0.6) is 0 Å². The van der Waals surface area contributed by atoms with E-state index in [0.717, 1.165) is 29.0 Å². The van der Waals surface area contributed by atoms with Gasteiger partial charge in [0.05, 0.1) is 25.8 Å². The number of nitrogens with one attached hydrogen (secondary N) is 2. The Morgan fingerprint density at radius 1 is 1.07 bits per heavy atom. The van der Waals surface area contributed by atoms with Crippen LogP contribution < -0.4 is 16.4 Å². The van der Waals surface area contributed by atoms with Crippen molar-refractivity contribution in [1.29, 1.82) is 0 Å². The first-order valence-electron chi connectivity index (χ1n) is 15.7. The number of carbonyl (C=O) groups is 3. The molecule has 0 spiro atoms. The van der Waals surface area contributed by atoms with Crippen molar-refractivity contribution in [2.45, 2.75) is 50.9 Å². The fourth-order valence-electron chi connectivity index (χ4n) is 4.74. The lowest BCUT2D eigenvalue weighted by molar-refractivity contribution is -0.137. The summed E-state index contributed by atoms with van der Waals surface area (Å²) in [4.78, 5) is 87.3. The van der Waals surface area contributed by atoms with E-state index in [1.165, 1.54) is 26.2 Å². The molecule has 10 N–H and O–H groups in total. The number of phosphoric ester groups is 3. The van der Waals surface area contributed by atoms with E-state index in [0.29, 0.717) is 0 Å². The Balaban J connectivity index is 1.24. The molecular formula is C26H38N7O18P3S. The first kappa shape index (κ1) is 44.6. The van der Waals surface area contributed by atoms with Crippen LogP contribution in [0.2, 0.25) is 0 Å². The fourth-order valence-corrected chi connectivity index (χ4v) is 8.22.